The summed E-state index contributed by atoms with van der Waals surface area (Å²) in [4.78, 5) is 14.3. The van der Waals surface area contributed by atoms with Gasteiger partial charge in [-0.2, -0.15) is 13.2 Å². The van der Waals surface area contributed by atoms with Crippen LogP contribution in [0.3, 0.4) is 0 Å². The fourth-order valence-corrected chi connectivity index (χ4v) is 3.99. The standard InChI is InChI=1S/C19H24F3N5OS/c1-13-6-8-15(9-7-13)27-17(26-10-4-3-5-11-26)24-25-18(27)29-14(2)16(28)23-12-19(20,21)22/h6-9,14H,3-5,10-12H2,1-2H3,(H,23,28)/t14-/m0/s1. The van der Waals surface area contributed by atoms with Crippen LogP contribution in [-0.4, -0.2) is 51.7 Å². The summed E-state index contributed by atoms with van der Waals surface area (Å²) in [6.45, 7) is 3.95. The zero-order valence-electron chi connectivity index (χ0n) is 16.4. The first-order valence-electron chi connectivity index (χ1n) is 9.53. The molecule has 0 bridgehead atoms. The molecule has 6 nitrogen and oxygen atoms in total. The molecule has 29 heavy (non-hydrogen) atoms. The average Bonchev–Trinajstić information content (AvgIpc) is 3.10. The molecule has 1 saturated heterocycles. The van der Waals surface area contributed by atoms with Crippen molar-refractivity contribution in [1.29, 1.82) is 0 Å². The third-order valence-corrected chi connectivity index (χ3v) is 5.70. The molecule has 1 amide bonds. The summed E-state index contributed by atoms with van der Waals surface area (Å²) in [5.74, 6) is 0.00394. The van der Waals surface area contributed by atoms with Crippen molar-refractivity contribution in [2.75, 3.05) is 24.5 Å². The van der Waals surface area contributed by atoms with Gasteiger partial charge in [-0.25, -0.2) is 0 Å². The Hall–Kier alpha value is -2.23. The molecule has 158 valence electrons. The molecule has 0 aliphatic carbocycles. The molecule has 1 aromatic carbocycles. The number of aryl methyl sites for hydroxylation is 1. The van der Waals surface area contributed by atoms with E-state index in [9.17, 15) is 18.0 Å². The number of piperidine rings is 1. The molecule has 1 atom stereocenters. The highest BCUT2D eigenvalue weighted by molar-refractivity contribution is 8.00. The number of anilines is 1. The van der Waals surface area contributed by atoms with E-state index in [2.05, 4.69) is 15.1 Å². The lowest BCUT2D eigenvalue weighted by atomic mass is 10.1. The van der Waals surface area contributed by atoms with E-state index in [4.69, 9.17) is 0 Å². The summed E-state index contributed by atoms with van der Waals surface area (Å²) < 4.78 is 39.0. The highest BCUT2D eigenvalue weighted by atomic mass is 32.2. The van der Waals surface area contributed by atoms with E-state index in [-0.39, 0.29) is 0 Å². The molecular weight excluding hydrogens is 403 g/mol. The average molecular weight is 427 g/mol. The van der Waals surface area contributed by atoms with Gasteiger partial charge in [0.15, 0.2) is 5.16 Å². The SMILES string of the molecule is Cc1ccc(-n2c(S[C@@H](C)C(=O)NCC(F)(F)F)nnc2N2CCCCC2)cc1. The molecule has 1 aliphatic heterocycles. The van der Waals surface area contributed by atoms with E-state index >= 15 is 0 Å². The second-order valence-corrected chi connectivity index (χ2v) is 8.40. The number of carbonyl (C=O) groups excluding carboxylic acids is 1. The summed E-state index contributed by atoms with van der Waals surface area (Å²) in [5.41, 5.74) is 1.96. The molecule has 2 aromatic rings. The number of rotatable bonds is 6. The Morgan fingerprint density at radius 1 is 1.17 bits per heavy atom. The first kappa shape index (κ1) is 21.5. The maximum Gasteiger partial charge on any atom is 0.405 e. The number of alkyl halides is 3. The molecule has 10 heteroatoms. The number of carbonyl (C=O) groups is 1. The monoisotopic (exact) mass is 427 g/mol. The van der Waals surface area contributed by atoms with Crippen LogP contribution in [0.1, 0.15) is 31.7 Å². The number of amides is 1. The topological polar surface area (TPSA) is 63.1 Å². The summed E-state index contributed by atoms with van der Waals surface area (Å²) >= 11 is 1.10. The number of benzene rings is 1. The molecule has 0 radical (unpaired) electrons. The number of hydrogen-bond acceptors (Lipinski definition) is 5. The molecule has 0 spiro atoms. The minimum atomic E-state index is -4.44. The van der Waals surface area contributed by atoms with Gasteiger partial charge in [-0.3, -0.25) is 9.36 Å². The summed E-state index contributed by atoms with van der Waals surface area (Å²) in [6, 6.07) is 7.85. The van der Waals surface area contributed by atoms with Crippen molar-refractivity contribution < 1.29 is 18.0 Å². The first-order chi connectivity index (χ1) is 13.7. The molecule has 2 heterocycles. The van der Waals surface area contributed by atoms with Crippen LogP contribution >= 0.6 is 11.8 Å². The number of nitrogens with one attached hydrogen (secondary N) is 1. The fraction of sp³-hybridized carbons (Fsp3) is 0.526. The Morgan fingerprint density at radius 3 is 2.45 bits per heavy atom. The summed E-state index contributed by atoms with van der Waals surface area (Å²) in [7, 11) is 0. The maximum atomic E-state index is 12.4. The Balaban J connectivity index is 1.85. The van der Waals surface area contributed by atoms with Crippen LogP contribution in [0.5, 0.6) is 0 Å². The van der Waals surface area contributed by atoms with E-state index < -0.39 is 23.9 Å². The van der Waals surface area contributed by atoms with Crippen LogP contribution in [-0.2, 0) is 4.79 Å². The molecule has 1 N–H and O–H groups in total. The predicted molar refractivity (Wildman–Crippen MR) is 107 cm³/mol. The van der Waals surface area contributed by atoms with Crippen molar-refractivity contribution >= 4 is 23.6 Å². The normalized spacial score (nSPS) is 16.0. The number of thioether (sulfide) groups is 1. The van der Waals surface area contributed by atoms with Crippen LogP contribution in [0, 0.1) is 6.92 Å². The molecule has 1 fully saturated rings. The van der Waals surface area contributed by atoms with Gasteiger partial charge >= 0.3 is 6.18 Å². The van der Waals surface area contributed by atoms with Crippen LogP contribution < -0.4 is 10.2 Å². The number of hydrogen-bond donors (Lipinski definition) is 1. The van der Waals surface area contributed by atoms with Crippen molar-refractivity contribution in [3.63, 3.8) is 0 Å². The van der Waals surface area contributed by atoms with Gasteiger partial charge in [-0.15, -0.1) is 10.2 Å². The van der Waals surface area contributed by atoms with Gasteiger partial charge in [-0.1, -0.05) is 29.5 Å². The second-order valence-electron chi connectivity index (χ2n) is 7.09. The van der Waals surface area contributed by atoms with Crippen LogP contribution in [0.25, 0.3) is 5.69 Å². The van der Waals surface area contributed by atoms with E-state index in [1.165, 1.54) is 6.42 Å². The maximum absolute atomic E-state index is 12.4. The van der Waals surface area contributed by atoms with Crippen molar-refractivity contribution in [2.45, 2.75) is 49.7 Å². The Bertz CT molecular complexity index is 831. The van der Waals surface area contributed by atoms with E-state index in [1.54, 1.807) is 6.92 Å². The number of halogens is 3. The molecule has 3 rings (SSSR count). The van der Waals surface area contributed by atoms with Crippen LogP contribution in [0.4, 0.5) is 19.1 Å². The Labute approximate surface area is 171 Å². The largest absolute Gasteiger partial charge is 0.405 e. The van der Waals surface area contributed by atoms with Crippen molar-refractivity contribution in [1.82, 2.24) is 20.1 Å². The third kappa shape index (κ3) is 5.65. The smallest absolute Gasteiger partial charge is 0.346 e. The van der Waals surface area contributed by atoms with E-state index in [0.29, 0.717) is 11.1 Å². The fourth-order valence-electron chi connectivity index (χ4n) is 3.10. The quantitative estimate of drug-likeness (QED) is 0.712. The van der Waals surface area contributed by atoms with Crippen molar-refractivity contribution in [3.8, 4) is 5.69 Å². The van der Waals surface area contributed by atoms with Gasteiger partial charge in [0.05, 0.1) is 10.9 Å². The predicted octanol–water partition coefficient (Wildman–Crippen LogP) is 3.73. The highest BCUT2D eigenvalue weighted by Gasteiger charge is 2.30. The lowest BCUT2D eigenvalue weighted by Crippen LogP contribution is -2.38. The van der Waals surface area contributed by atoms with Crippen molar-refractivity contribution in [3.05, 3.63) is 29.8 Å². The lowest BCUT2D eigenvalue weighted by molar-refractivity contribution is -0.137. The van der Waals surface area contributed by atoms with Gasteiger partial charge in [0, 0.05) is 13.1 Å². The van der Waals surface area contributed by atoms with Gasteiger partial charge in [-0.05, 0) is 45.2 Å². The third-order valence-electron chi connectivity index (χ3n) is 4.66. The summed E-state index contributed by atoms with van der Waals surface area (Å²) in [5, 5.41) is 10.2. The molecule has 1 aromatic heterocycles. The van der Waals surface area contributed by atoms with E-state index in [0.717, 1.165) is 48.9 Å². The highest BCUT2D eigenvalue weighted by Crippen LogP contribution is 2.30. The first-order valence-corrected chi connectivity index (χ1v) is 10.4. The minimum absolute atomic E-state index is 0.476. The molecule has 0 saturated carbocycles. The summed E-state index contributed by atoms with van der Waals surface area (Å²) in [6.07, 6.45) is -1.13. The molecule has 0 unspecified atom stereocenters. The van der Waals surface area contributed by atoms with Crippen LogP contribution in [0.2, 0.25) is 0 Å². The zero-order valence-corrected chi connectivity index (χ0v) is 17.2. The minimum Gasteiger partial charge on any atom is -0.346 e. The second kappa shape index (κ2) is 9.06. The lowest BCUT2D eigenvalue weighted by Gasteiger charge is -2.28. The van der Waals surface area contributed by atoms with E-state index in [1.807, 2.05) is 41.1 Å². The Morgan fingerprint density at radius 2 is 1.83 bits per heavy atom. The zero-order chi connectivity index (χ0) is 21.0. The number of nitrogens with zero attached hydrogens (tertiary/aromatic N) is 4. The Kier molecular flexibility index (Phi) is 6.71. The van der Waals surface area contributed by atoms with Gasteiger partial charge in [0.25, 0.3) is 0 Å². The van der Waals surface area contributed by atoms with Crippen LogP contribution in [0.15, 0.2) is 29.4 Å². The van der Waals surface area contributed by atoms with Gasteiger partial charge < -0.3 is 10.2 Å². The van der Waals surface area contributed by atoms with Crippen molar-refractivity contribution in [2.24, 2.45) is 0 Å². The van der Waals surface area contributed by atoms with Gasteiger partial charge in [0.1, 0.15) is 6.54 Å². The number of aromatic nitrogens is 3. The van der Waals surface area contributed by atoms with Gasteiger partial charge in [0.2, 0.25) is 11.9 Å². The molecular formula is C19H24F3N5OS. The molecule has 1 aliphatic rings.